The predicted octanol–water partition coefficient (Wildman–Crippen LogP) is 12.8. The first-order valence-corrected chi connectivity index (χ1v) is 21.4. The van der Waals surface area contributed by atoms with Gasteiger partial charge in [0, 0.05) is 37.7 Å². The van der Waals surface area contributed by atoms with E-state index in [0.717, 1.165) is 40.4 Å². The van der Waals surface area contributed by atoms with Crippen molar-refractivity contribution in [2.45, 2.75) is 101 Å². The van der Waals surface area contributed by atoms with Gasteiger partial charge in [0.05, 0.1) is 40.1 Å². The summed E-state index contributed by atoms with van der Waals surface area (Å²) in [5, 5.41) is 19.0. The summed E-state index contributed by atoms with van der Waals surface area (Å²) in [6.07, 6.45) is 15.3. The molecule has 0 radical (unpaired) electrons. The summed E-state index contributed by atoms with van der Waals surface area (Å²) in [7, 11) is 0. The molecule has 1 spiro atoms. The van der Waals surface area contributed by atoms with Gasteiger partial charge in [-0.05, 0) is 169 Å². The van der Waals surface area contributed by atoms with Gasteiger partial charge in [-0.3, -0.25) is 4.98 Å². The highest BCUT2D eigenvalue weighted by Crippen LogP contribution is 2.79. The van der Waals surface area contributed by atoms with Crippen LogP contribution in [0.4, 0.5) is 0 Å². The lowest BCUT2D eigenvalue weighted by atomic mass is 9.56. The van der Waals surface area contributed by atoms with Gasteiger partial charge in [-0.1, -0.05) is 44.2 Å². The zero-order valence-corrected chi connectivity index (χ0v) is 31.6. The molecule has 0 saturated heterocycles. The highest BCUT2D eigenvalue weighted by molar-refractivity contribution is 6.27. The molecule has 8 aliphatic carbocycles. The van der Waals surface area contributed by atoms with E-state index in [-0.39, 0.29) is 10.8 Å². The Morgan fingerprint density at radius 2 is 1.45 bits per heavy atom. The van der Waals surface area contributed by atoms with E-state index >= 15 is 0 Å². The molecule has 268 valence electrons. The maximum atomic E-state index is 11.0. The van der Waals surface area contributed by atoms with Crippen LogP contribution in [0.3, 0.4) is 0 Å². The molecule has 4 aromatic heterocycles. The molecular weight excluding hydrogens is 671 g/mol. The van der Waals surface area contributed by atoms with Gasteiger partial charge < -0.3 is 8.82 Å². The Morgan fingerprint density at radius 3 is 2.27 bits per heavy atom. The van der Waals surface area contributed by atoms with Crippen molar-refractivity contribution in [3.8, 4) is 17.2 Å². The number of nitrogens with zero attached hydrogens (tertiary/aromatic N) is 3. The summed E-state index contributed by atoms with van der Waals surface area (Å²) < 4.78 is 9.09. The Balaban J connectivity index is 1.15. The van der Waals surface area contributed by atoms with Crippen LogP contribution in [0.1, 0.15) is 118 Å². The Morgan fingerprint density at radius 1 is 0.727 bits per heavy atom. The van der Waals surface area contributed by atoms with E-state index in [2.05, 4.69) is 91.2 Å². The zero-order valence-electron chi connectivity index (χ0n) is 31.6. The lowest BCUT2D eigenvalue weighted by Crippen LogP contribution is -2.41. The molecule has 4 heteroatoms. The monoisotopic (exact) mass is 713 g/mol. The van der Waals surface area contributed by atoms with Gasteiger partial charge in [-0.25, -0.2) is 0 Å². The first-order chi connectivity index (χ1) is 26.8. The highest BCUT2D eigenvalue weighted by atomic mass is 16.3. The molecule has 55 heavy (non-hydrogen) atoms. The van der Waals surface area contributed by atoms with Crippen LogP contribution in [0.5, 0.6) is 0 Å². The Bertz CT molecular complexity index is 3160. The first kappa shape index (κ1) is 29.4. The summed E-state index contributed by atoms with van der Waals surface area (Å²) >= 11 is 0. The van der Waals surface area contributed by atoms with E-state index < -0.39 is 0 Å². The van der Waals surface area contributed by atoms with Crippen molar-refractivity contribution >= 4 is 60.0 Å². The fourth-order valence-corrected chi connectivity index (χ4v) is 16.5. The lowest BCUT2D eigenvalue weighted by molar-refractivity contribution is 0.00219. The van der Waals surface area contributed by atoms with Crippen molar-refractivity contribution in [2.24, 2.45) is 29.1 Å². The van der Waals surface area contributed by atoms with Gasteiger partial charge in [0.15, 0.2) is 0 Å². The fraction of sp³-hybridized carbons (Fsp3) is 0.412. The molecule has 7 bridgehead atoms. The summed E-state index contributed by atoms with van der Waals surface area (Å²) in [5.41, 5.74) is 15.8. The maximum Gasteiger partial charge on any atom is 0.136 e. The molecule has 7 atom stereocenters. The van der Waals surface area contributed by atoms with Crippen LogP contribution in [-0.2, 0) is 10.8 Å². The summed E-state index contributed by atoms with van der Waals surface area (Å²) in [5.74, 6) is 4.32. The third-order valence-corrected chi connectivity index (χ3v) is 17.8. The molecule has 0 amide bonds. The Labute approximate surface area is 319 Å². The molecule has 4 aromatic carbocycles. The van der Waals surface area contributed by atoms with Gasteiger partial charge in [-0.2, -0.15) is 5.26 Å². The fourth-order valence-electron chi connectivity index (χ4n) is 16.5. The van der Waals surface area contributed by atoms with E-state index in [9.17, 15) is 5.26 Å². The van der Waals surface area contributed by atoms with E-state index in [4.69, 9.17) is 9.40 Å². The number of furan rings is 1. The van der Waals surface area contributed by atoms with Gasteiger partial charge in [0.1, 0.15) is 11.2 Å². The smallest absolute Gasteiger partial charge is 0.136 e. The Hall–Kier alpha value is -4.88. The lowest BCUT2D eigenvalue weighted by Gasteiger charge is -2.49. The van der Waals surface area contributed by atoms with E-state index in [1.54, 1.807) is 5.56 Å². The highest BCUT2D eigenvalue weighted by Gasteiger charge is 2.72. The van der Waals surface area contributed by atoms with Crippen LogP contribution in [0, 0.1) is 40.4 Å². The predicted molar refractivity (Wildman–Crippen MR) is 219 cm³/mol. The first-order valence-electron chi connectivity index (χ1n) is 21.4. The molecule has 7 unspecified atom stereocenters. The second-order valence-electron chi connectivity index (χ2n) is 20.6. The minimum Gasteiger partial charge on any atom is -0.456 e. The third kappa shape index (κ3) is 3.18. The molecular formula is C51H43N3O. The summed E-state index contributed by atoms with van der Waals surface area (Å²) in [4.78, 5) is 5.64. The molecule has 16 rings (SSSR count). The number of hydrogen-bond donors (Lipinski definition) is 0. The van der Waals surface area contributed by atoms with E-state index in [0.29, 0.717) is 17.3 Å². The van der Waals surface area contributed by atoms with Crippen LogP contribution in [0.25, 0.3) is 71.2 Å². The third-order valence-electron chi connectivity index (χ3n) is 17.8. The number of fused-ring (bicyclic) bond motifs is 15. The quantitative estimate of drug-likeness (QED) is 0.170. The van der Waals surface area contributed by atoms with Gasteiger partial charge in [0.2, 0.25) is 0 Å². The number of benzene rings is 4. The number of pyridine rings is 1. The minimum absolute atomic E-state index is 0.112. The number of rotatable bonds is 1. The molecule has 0 N–H and O–H groups in total. The summed E-state index contributed by atoms with van der Waals surface area (Å²) in [6.45, 7) is 5.18. The largest absolute Gasteiger partial charge is 0.456 e. The van der Waals surface area contributed by atoms with E-state index in [1.165, 1.54) is 141 Å². The Kier molecular flexibility index (Phi) is 4.84. The van der Waals surface area contributed by atoms with Gasteiger partial charge >= 0.3 is 0 Å². The topological polar surface area (TPSA) is 54.2 Å². The molecule has 8 aromatic rings. The minimum atomic E-state index is 0.112. The molecule has 8 aliphatic rings. The van der Waals surface area contributed by atoms with Gasteiger partial charge in [-0.15, -0.1) is 0 Å². The molecule has 0 aliphatic heterocycles. The average molecular weight is 714 g/mol. The van der Waals surface area contributed by atoms with Crippen molar-refractivity contribution in [1.29, 1.82) is 5.26 Å². The number of aromatic nitrogens is 2. The number of hydrogen-bond acceptors (Lipinski definition) is 3. The maximum absolute atomic E-state index is 11.0. The van der Waals surface area contributed by atoms with Crippen LogP contribution < -0.4 is 0 Å². The van der Waals surface area contributed by atoms with Crippen LogP contribution >= 0.6 is 0 Å². The zero-order chi connectivity index (χ0) is 35.9. The second kappa shape index (κ2) is 9.05. The number of para-hydroxylation sites is 1. The van der Waals surface area contributed by atoms with Crippen LogP contribution in [-0.4, -0.2) is 9.38 Å². The second-order valence-corrected chi connectivity index (χ2v) is 20.6. The van der Waals surface area contributed by atoms with Crippen molar-refractivity contribution in [3.05, 3.63) is 94.8 Å². The van der Waals surface area contributed by atoms with Crippen LogP contribution in [0.2, 0.25) is 0 Å². The normalized spacial score (nSPS) is 34.9. The summed E-state index contributed by atoms with van der Waals surface area (Å²) in [6, 6.07) is 25.4. The molecule has 4 heterocycles. The molecule has 4 nitrogen and oxygen atoms in total. The molecule has 5 fully saturated rings. The van der Waals surface area contributed by atoms with Crippen molar-refractivity contribution in [2.75, 3.05) is 0 Å². The average Bonchev–Trinajstić information content (AvgIpc) is 3.90. The van der Waals surface area contributed by atoms with Gasteiger partial charge in [0.25, 0.3) is 0 Å². The van der Waals surface area contributed by atoms with Crippen molar-refractivity contribution in [1.82, 2.24) is 9.38 Å². The van der Waals surface area contributed by atoms with Crippen molar-refractivity contribution < 1.29 is 4.42 Å². The standard InChI is InChI=1S/C51H43N3O/c1-49-19-31-18-32-20-50(2,24-51(31,32)23-49)48-46(49)45-36-16-27(33-7-5-9-40-43(33)34-6-3-4-8-39(34)55-40)15-35-44-37(54(47(35)36)38(45)22-53-48)17-30(21-52)41-28-11-25-10-26(12-28)14-29(13-25)42(41)44/h3-9,15-17,22,25-26,28-29,31-32H,10-14,18-20,23-24H2,1-2H3. The van der Waals surface area contributed by atoms with Crippen molar-refractivity contribution in [3.63, 3.8) is 0 Å². The molecule has 5 saturated carbocycles. The van der Waals surface area contributed by atoms with Crippen LogP contribution in [0.15, 0.2) is 71.3 Å². The SMILES string of the molecule is CC12CC3CC4CC(C)(CC34C1)c1c2ncc2c1c1cc(-c3cccc4oc5ccccc5c34)cc3c4c5c(c(C#N)cc4n2c31)C1CC2CC(C1)CC5C2. The number of nitriles is 1. The van der Waals surface area contributed by atoms with E-state index in [1.807, 2.05) is 0 Å².